The molecule has 0 fully saturated rings. The second-order valence-corrected chi connectivity index (χ2v) is 9.12. The molecule has 0 aliphatic rings. The monoisotopic (exact) mass is 473 g/mol. The van der Waals surface area contributed by atoms with Crippen LogP contribution in [0.4, 0.5) is 0 Å². The van der Waals surface area contributed by atoms with Crippen LogP contribution in [0.2, 0.25) is 5.02 Å². The van der Waals surface area contributed by atoms with Gasteiger partial charge in [-0.3, -0.25) is 9.78 Å². The van der Waals surface area contributed by atoms with Gasteiger partial charge in [0.25, 0.3) is 5.91 Å². The molecule has 32 heavy (non-hydrogen) atoms. The molecule has 9 heteroatoms. The molecule has 2 aromatic heterocycles. The molecule has 0 radical (unpaired) electrons. The lowest BCUT2D eigenvalue weighted by atomic mass is 10.1. The average Bonchev–Trinajstić information content (AvgIpc) is 3.13. The first-order chi connectivity index (χ1) is 15.2. The highest BCUT2D eigenvalue weighted by Gasteiger charge is 2.21. The Kier molecular flexibility index (Phi) is 7.95. The van der Waals surface area contributed by atoms with Gasteiger partial charge in [-0.05, 0) is 50.6 Å². The number of hydrogen-bond acceptors (Lipinski definition) is 6. The number of aliphatic carboxylic acids is 1. The summed E-state index contributed by atoms with van der Waals surface area (Å²) in [6.07, 6.45) is 0.671. The van der Waals surface area contributed by atoms with E-state index < -0.39 is 12.1 Å². The van der Waals surface area contributed by atoms with Gasteiger partial charge in [0.2, 0.25) is 0 Å². The summed E-state index contributed by atoms with van der Waals surface area (Å²) in [7, 11) is 0. The normalized spacial score (nSPS) is 12.0. The molecular weight excluding hydrogens is 450 g/mol. The number of thiazole rings is 1. The first-order valence-electron chi connectivity index (χ1n) is 10.1. The fraction of sp³-hybridized carbons (Fsp3) is 0.304. The molecule has 1 aromatic carbocycles. The lowest BCUT2D eigenvalue weighted by molar-refractivity contribution is -0.153. The fourth-order valence-electron chi connectivity index (χ4n) is 3.07. The Morgan fingerprint density at radius 2 is 1.94 bits per heavy atom. The van der Waals surface area contributed by atoms with Crippen LogP contribution in [0.1, 0.15) is 40.5 Å². The second-order valence-electron chi connectivity index (χ2n) is 7.48. The number of carbonyl (C=O) groups excluding carboxylic acids is 1. The third-order valence-corrected chi connectivity index (χ3v) is 5.82. The van der Waals surface area contributed by atoms with E-state index in [9.17, 15) is 14.7 Å². The molecule has 2 heterocycles. The van der Waals surface area contributed by atoms with E-state index in [1.165, 1.54) is 11.3 Å². The van der Waals surface area contributed by atoms with Gasteiger partial charge in [-0.1, -0.05) is 23.7 Å². The van der Waals surface area contributed by atoms with Crippen LogP contribution in [0.15, 0.2) is 42.6 Å². The number of nitrogens with zero attached hydrogens (tertiary/aromatic N) is 2. The summed E-state index contributed by atoms with van der Waals surface area (Å²) in [4.78, 5) is 33.7. The maximum absolute atomic E-state index is 12.7. The zero-order valence-electron chi connectivity index (χ0n) is 18.0. The molecule has 1 unspecified atom stereocenters. The molecule has 7 nitrogen and oxygen atoms in total. The molecule has 3 aromatic rings. The first-order valence-corrected chi connectivity index (χ1v) is 11.3. The van der Waals surface area contributed by atoms with Crippen LogP contribution in [0.3, 0.4) is 0 Å². The van der Waals surface area contributed by atoms with Crippen LogP contribution in [0.5, 0.6) is 0 Å². The minimum atomic E-state index is -1.01. The number of nitrogens with one attached hydrogen (secondary N) is 1. The van der Waals surface area contributed by atoms with Gasteiger partial charge in [0.1, 0.15) is 10.7 Å². The predicted molar refractivity (Wildman–Crippen MR) is 124 cm³/mol. The number of rotatable bonds is 9. The van der Waals surface area contributed by atoms with E-state index in [0.29, 0.717) is 16.4 Å². The minimum absolute atomic E-state index is 0.197. The molecule has 0 saturated heterocycles. The Hall–Kier alpha value is -2.81. The molecule has 0 saturated carbocycles. The van der Waals surface area contributed by atoms with Crippen molar-refractivity contribution < 1.29 is 19.4 Å². The second kappa shape index (κ2) is 10.7. The number of benzene rings is 1. The Morgan fingerprint density at radius 1 is 1.22 bits per heavy atom. The van der Waals surface area contributed by atoms with E-state index in [-0.39, 0.29) is 25.0 Å². The Labute approximate surface area is 195 Å². The van der Waals surface area contributed by atoms with Crippen molar-refractivity contribution in [2.75, 3.05) is 0 Å². The van der Waals surface area contributed by atoms with Gasteiger partial charge < -0.3 is 15.2 Å². The van der Waals surface area contributed by atoms with E-state index in [1.807, 2.05) is 19.1 Å². The van der Waals surface area contributed by atoms with E-state index in [1.54, 1.807) is 44.3 Å². The fourth-order valence-corrected chi connectivity index (χ4v) is 4.11. The molecule has 0 aliphatic heterocycles. The van der Waals surface area contributed by atoms with Crippen LogP contribution in [-0.4, -0.2) is 39.2 Å². The first kappa shape index (κ1) is 23.8. The quantitative estimate of drug-likeness (QED) is 0.474. The molecular formula is C23H24ClN3O4S. The molecule has 1 amide bonds. The summed E-state index contributed by atoms with van der Waals surface area (Å²) in [6.45, 7) is 5.64. The zero-order chi connectivity index (χ0) is 23.3. The van der Waals surface area contributed by atoms with Crippen molar-refractivity contribution in [1.82, 2.24) is 15.3 Å². The van der Waals surface area contributed by atoms with E-state index in [2.05, 4.69) is 15.3 Å². The topological polar surface area (TPSA) is 101 Å². The number of ether oxygens (including phenoxy) is 1. The number of halogens is 1. The predicted octanol–water partition coefficient (Wildman–Crippen LogP) is 4.52. The van der Waals surface area contributed by atoms with Crippen molar-refractivity contribution in [3.63, 3.8) is 0 Å². The Balaban J connectivity index is 1.66. The molecule has 1 atom stereocenters. The summed E-state index contributed by atoms with van der Waals surface area (Å²) >= 11 is 7.38. The third-order valence-electron chi connectivity index (χ3n) is 4.55. The van der Waals surface area contributed by atoms with Gasteiger partial charge in [0, 0.05) is 28.1 Å². The van der Waals surface area contributed by atoms with Gasteiger partial charge in [-0.2, -0.15) is 0 Å². The SMILES string of the molecule is Cc1sc(-c2ccc(Cl)cc2)nc1C(=O)NCc1cc(CC(OC(C)C)C(=O)O)ccn1. The third kappa shape index (κ3) is 6.35. The molecule has 2 N–H and O–H groups in total. The van der Waals surface area contributed by atoms with Crippen LogP contribution >= 0.6 is 22.9 Å². The Morgan fingerprint density at radius 3 is 2.59 bits per heavy atom. The van der Waals surface area contributed by atoms with Gasteiger partial charge in [0.05, 0.1) is 18.3 Å². The Bertz CT molecular complexity index is 1100. The van der Waals surface area contributed by atoms with Crippen LogP contribution < -0.4 is 5.32 Å². The van der Waals surface area contributed by atoms with Crippen molar-refractivity contribution in [1.29, 1.82) is 0 Å². The van der Waals surface area contributed by atoms with Crippen molar-refractivity contribution >= 4 is 34.8 Å². The zero-order valence-corrected chi connectivity index (χ0v) is 19.5. The number of hydrogen-bond donors (Lipinski definition) is 2. The highest BCUT2D eigenvalue weighted by molar-refractivity contribution is 7.15. The summed E-state index contributed by atoms with van der Waals surface area (Å²) < 4.78 is 5.47. The summed E-state index contributed by atoms with van der Waals surface area (Å²) in [5.74, 6) is -1.31. The lowest BCUT2D eigenvalue weighted by Crippen LogP contribution is -2.29. The maximum Gasteiger partial charge on any atom is 0.333 e. The molecule has 168 valence electrons. The molecule has 0 bridgehead atoms. The van der Waals surface area contributed by atoms with E-state index in [4.69, 9.17) is 16.3 Å². The van der Waals surface area contributed by atoms with Gasteiger partial charge in [0.15, 0.2) is 6.10 Å². The number of carboxylic acids is 1. The highest BCUT2D eigenvalue weighted by Crippen LogP contribution is 2.28. The van der Waals surface area contributed by atoms with Crippen LogP contribution in [-0.2, 0) is 22.5 Å². The minimum Gasteiger partial charge on any atom is -0.479 e. The standard InChI is InChI=1S/C23H24ClN3O4S/c1-13(2)31-19(23(29)30)11-15-8-9-25-18(10-15)12-26-21(28)20-14(3)32-22(27-20)16-4-6-17(24)7-5-16/h4-10,13,19H,11-12H2,1-3H3,(H,26,28)(H,29,30). The van der Waals surface area contributed by atoms with Gasteiger partial charge in [-0.25, -0.2) is 9.78 Å². The number of carboxylic acid groups (broad SMARTS) is 1. The van der Waals surface area contributed by atoms with Crippen molar-refractivity contribution in [2.45, 2.75) is 45.9 Å². The van der Waals surface area contributed by atoms with Crippen molar-refractivity contribution in [3.05, 3.63) is 69.4 Å². The number of pyridine rings is 1. The molecule has 3 rings (SSSR count). The lowest BCUT2D eigenvalue weighted by Gasteiger charge is -2.16. The smallest absolute Gasteiger partial charge is 0.333 e. The summed E-state index contributed by atoms with van der Waals surface area (Å²) in [5.41, 5.74) is 2.66. The number of aromatic nitrogens is 2. The molecule has 0 spiro atoms. The van der Waals surface area contributed by atoms with E-state index in [0.717, 1.165) is 21.0 Å². The molecule has 0 aliphatic carbocycles. The largest absolute Gasteiger partial charge is 0.479 e. The number of aryl methyl sites for hydroxylation is 1. The van der Waals surface area contributed by atoms with E-state index >= 15 is 0 Å². The van der Waals surface area contributed by atoms with Gasteiger partial charge in [-0.15, -0.1) is 11.3 Å². The van der Waals surface area contributed by atoms with Crippen LogP contribution in [0.25, 0.3) is 10.6 Å². The highest BCUT2D eigenvalue weighted by atomic mass is 35.5. The summed E-state index contributed by atoms with van der Waals surface area (Å²) in [6, 6.07) is 10.8. The van der Waals surface area contributed by atoms with Crippen molar-refractivity contribution in [3.8, 4) is 10.6 Å². The number of carbonyl (C=O) groups is 2. The van der Waals surface area contributed by atoms with Crippen LogP contribution in [0, 0.1) is 6.92 Å². The van der Waals surface area contributed by atoms with Crippen molar-refractivity contribution in [2.24, 2.45) is 0 Å². The number of amides is 1. The van der Waals surface area contributed by atoms with Gasteiger partial charge >= 0.3 is 5.97 Å². The average molecular weight is 474 g/mol. The maximum atomic E-state index is 12.7. The summed E-state index contributed by atoms with van der Waals surface area (Å²) in [5, 5.41) is 13.6.